The Kier molecular flexibility index (Phi) is 5.29. The Bertz CT molecular complexity index is 645. The number of carboxylic acid groups (broad SMARTS) is 1. The monoisotopic (exact) mass is 369 g/mol. The van der Waals surface area contributed by atoms with Gasteiger partial charge in [0.2, 0.25) is 0 Å². The summed E-state index contributed by atoms with van der Waals surface area (Å²) in [7, 11) is 0. The number of amides is 2. The normalized spacial score (nSPS) is 10.1. The van der Waals surface area contributed by atoms with Crippen LogP contribution in [0.15, 0.2) is 34.2 Å². The number of nitrogens with zero attached hydrogens (tertiary/aromatic N) is 1. The van der Waals surface area contributed by atoms with E-state index in [4.69, 9.17) is 5.11 Å². The van der Waals surface area contributed by atoms with E-state index in [0.717, 1.165) is 10.4 Å². The van der Waals surface area contributed by atoms with Crippen LogP contribution >= 0.6 is 27.3 Å². The Morgan fingerprint density at radius 3 is 2.52 bits per heavy atom. The Morgan fingerprint density at radius 1 is 1.19 bits per heavy atom. The van der Waals surface area contributed by atoms with Crippen LogP contribution in [0.4, 0.5) is 4.79 Å². The number of rotatable bonds is 5. The molecule has 0 fully saturated rings. The van der Waals surface area contributed by atoms with Gasteiger partial charge in [-0.25, -0.2) is 9.78 Å². The fraction of sp³-hybridized carbons (Fsp3) is 0.154. The molecule has 0 bridgehead atoms. The maximum Gasteiger partial charge on any atom is 0.404 e. The Balaban J connectivity index is 2.09. The summed E-state index contributed by atoms with van der Waals surface area (Å²) in [5.41, 5.74) is 1.24. The maximum absolute atomic E-state index is 12.1. The molecule has 2 amide bonds. The largest absolute Gasteiger partial charge is 0.465 e. The van der Waals surface area contributed by atoms with Crippen molar-refractivity contribution in [2.75, 3.05) is 13.1 Å². The van der Waals surface area contributed by atoms with Crippen molar-refractivity contribution < 1.29 is 14.7 Å². The van der Waals surface area contributed by atoms with Crippen molar-refractivity contribution in [3.63, 3.8) is 0 Å². The van der Waals surface area contributed by atoms with Gasteiger partial charge in [-0.3, -0.25) is 4.79 Å². The summed E-state index contributed by atoms with van der Waals surface area (Å²) in [6.07, 6.45) is -1.12. The molecule has 3 N–H and O–H groups in total. The van der Waals surface area contributed by atoms with Gasteiger partial charge in [0.25, 0.3) is 5.91 Å². The van der Waals surface area contributed by atoms with E-state index in [2.05, 4.69) is 31.5 Å². The van der Waals surface area contributed by atoms with E-state index in [9.17, 15) is 9.59 Å². The summed E-state index contributed by atoms with van der Waals surface area (Å²) in [4.78, 5) is 27.4. The fourth-order valence-electron chi connectivity index (χ4n) is 1.66. The third kappa shape index (κ3) is 4.27. The van der Waals surface area contributed by atoms with Gasteiger partial charge in [-0.05, 0) is 21.5 Å². The lowest BCUT2D eigenvalue weighted by atomic mass is 10.1. The van der Waals surface area contributed by atoms with E-state index in [0.29, 0.717) is 9.61 Å². The average molecular weight is 370 g/mol. The second-order valence-electron chi connectivity index (χ2n) is 4.00. The van der Waals surface area contributed by atoms with Crippen LogP contribution in [0.5, 0.6) is 0 Å². The molecule has 0 unspecified atom stereocenters. The first kappa shape index (κ1) is 15.5. The molecule has 2 rings (SSSR count). The smallest absolute Gasteiger partial charge is 0.404 e. The highest BCUT2D eigenvalue weighted by atomic mass is 79.9. The number of hydrogen-bond donors (Lipinski definition) is 3. The molecule has 21 heavy (non-hydrogen) atoms. The molecule has 0 aliphatic heterocycles. The van der Waals surface area contributed by atoms with Crippen LogP contribution in [0, 0.1) is 0 Å². The highest BCUT2D eigenvalue weighted by Gasteiger charge is 2.18. The van der Waals surface area contributed by atoms with Crippen molar-refractivity contribution in [1.29, 1.82) is 0 Å². The summed E-state index contributed by atoms with van der Waals surface area (Å²) < 4.78 is 0.621. The average Bonchev–Trinajstić information content (AvgIpc) is 2.86. The molecule has 0 aliphatic rings. The molecule has 1 aromatic heterocycles. The van der Waals surface area contributed by atoms with E-state index in [-0.39, 0.29) is 19.0 Å². The second kappa shape index (κ2) is 7.19. The first-order chi connectivity index (χ1) is 10.1. The van der Waals surface area contributed by atoms with Crippen LogP contribution in [0.25, 0.3) is 10.4 Å². The second-order valence-corrected chi connectivity index (χ2v) is 6.27. The minimum Gasteiger partial charge on any atom is -0.465 e. The zero-order chi connectivity index (χ0) is 15.2. The molecular formula is C13H12BrN3O3S. The molecule has 1 aromatic carbocycles. The van der Waals surface area contributed by atoms with Crippen LogP contribution in [0.2, 0.25) is 0 Å². The van der Waals surface area contributed by atoms with Gasteiger partial charge in [0, 0.05) is 13.1 Å². The molecule has 0 aliphatic carbocycles. The molecular weight excluding hydrogens is 358 g/mol. The Labute approximate surface area is 133 Å². The van der Waals surface area contributed by atoms with E-state index in [1.807, 2.05) is 30.3 Å². The minimum atomic E-state index is -1.12. The summed E-state index contributed by atoms with van der Waals surface area (Å²) in [6.45, 7) is 0.349. The molecule has 0 atom stereocenters. The predicted molar refractivity (Wildman–Crippen MR) is 83.6 cm³/mol. The number of thiazole rings is 1. The van der Waals surface area contributed by atoms with Crippen LogP contribution in [-0.4, -0.2) is 35.2 Å². The number of nitrogens with one attached hydrogen (secondary N) is 2. The number of carbonyl (C=O) groups excluding carboxylic acids is 1. The summed E-state index contributed by atoms with van der Waals surface area (Å²) in [6, 6.07) is 9.49. The third-order valence-corrected chi connectivity index (χ3v) is 4.09. The molecule has 0 spiro atoms. The van der Waals surface area contributed by atoms with Crippen molar-refractivity contribution in [1.82, 2.24) is 15.6 Å². The van der Waals surface area contributed by atoms with E-state index in [1.165, 1.54) is 11.3 Å². The quantitative estimate of drug-likeness (QED) is 0.706. The molecule has 1 heterocycles. The van der Waals surface area contributed by atoms with Crippen molar-refractivity contribution in [3.8, 4) is 10.4 Å². The summed E-state index contributed by atoms with van der Waals surface area (Å²) in [5.74, 6) is -0.331. The SMILES string of the molecule is O=C(O)NCCNC(=O)c1nc(Br)sc1-c1ccccc1. The van der Waals surface area contributed by atoms with Crippen LogP contribution in [0.1, 0.15) is 10.5 Å². The van der Waals surface area contributed by atoms with Gasteiger partial charge in [-0.2, -0.15) is 0 Å². The van der Waals surface area contributed by atoms with Crippen LogP contribution < -0.4 is 10.6 Å². The molecule has 8 heteroatoms. The van der Waals surface area contributed by atoms with E-state index >= 15 is 0 Å². The molecule has 2 aromatic rings. The van der Waals surface area contributed by atoms with Crippen molar-refractivity contribution in [3.05, 3.63) is 39.9 Å². The van der Waals surface area contributed by atoms with Gasteiger partial charge in [-0.15, -0.1) is 11.3 Å². The van der Waals surface area contributed by atoms with Gasteiger partial charge in [-0.1, -0.05) is 30.3 Å². The summed E-state index contributed by atoms with van der Waals surface area (Å²) in [5, 5.41) is 13.3. The lowest BCUT2D eigenvalue weighted by Gasteiger charge is -2.05. The third-order valence-electron chi connectivity index (χ3n) is 2.54. The number of halogens is 1. The topological polar surface area (TPSA) is 91.3 Å². The maximum atomic E-state index is 12.1. The summed E-state index contributed by atoms with van der Waals surface area (Å²) >= 11 is 4.66. The fourth-order valence-corrected chi connectivity index (χ4v) is 3.12. The molecule has 110 valence electrons. The van der Waals surface area contributed by atoms with Gasteiger partial charge >= 0.3 is 6.09 Å². The van der Waals surface area contributed by atoms with Crippen LogP contribution in [-0.2, 0) is 0 Å². The standard InChI is InChI=1S/C13H12BrN3O3S/c14-12-17-9(11(18)15-6-7-16-13(19)20)10(21-12)8-4-2-1-3-5-8/h1-5,16H,6-7H2,(H,15,18)(H,19,20). The van der Waals surface area contributed by atoms with Crippen molar-refractivity contribution in [2.45, 2.75) is 0 Å². The zero-order valence-corrected chi connectivity index (χ0v) is 13.2. The lowest BCUT2D eigenvalue weighted by molar-refractivity contribution is 0.0949. The van der Waals surface area contributed by atoms with Crippen molar-refractivity contribution in [2.24, 2.45) is 0 Å². The van der Waals surface area contributed by atoms with Crippen molar-refractivity contribution >= 4 is 39.3 Å². The number of aromatic nitrogens is 1. The van der Waals surface area contributed by atoms with Gasteiger partial charge in [0.05, 0.1) is 4.88 Å². The Morgan fingerprint density at radius 2 is 1.86 bits per heavy atom. The van der Waals surface area contributed by atoms with Gasteiger partial charge < -0.3 is 15.7 Å². The minimum absolute atomic E-state index is 0.146. The molecule has 6 nitrogen and oxygen atoms in total. The molecule has 0 saturated carbocycles. The number of benzene rings is 1. The molecule has 0 radical (unpaired) electrons. The highest BCUT2D eigenvalue weighted by molar-refractivity contribution is 9.11. The highest BCUT2D eigenvalue weighted by Crippen LogP contribution is 2.32. The zero-order valence-electron chi connectivity index (χ0n) is 10.8. The van der Waals surface area contributed by atoms with Gasteiger partial charge in [0.15, 0.2) is 3.92 Å². The van der Waals surface area contributed by atoms with E-state index < -0.39 is 6.09 Å². The number of hydrogen-bond acceptors (Lipinski definition) is 4. The predicted octanol–water partition coefficient (Wildman–Crippen LogP) is 2.57. The first-order valence-corrected chi connectivity index (χ1v) is 7.65. The lowest BCUT2D eigenvalue weighted by Crippen LogP contribution is -2.34. The number of carbonyl (C=O) groups is 2. The molecule has 0 saturated heterocycles. The first-order valence-electron chi connectivity index (χ1n) is 6.04. The van der Waals surface area contributed by atoms with Crippen LogP contribution in [0.3, 0.4) is 0 Å². The van der Waals surface area contributed by atoms with E-state index in [1.54, 1.807) is 0 Å². The van der Waals surface area contributed by atoms with Gasteiger partial charge in [0.1, 0.15) is 5.69 Å². The Hall–Kier alpha value is -1.93.